The third-order valence-corrected chi connectivity index (χ3v) is 3.87. The first kappa shape index (κ1) is 11.6. The monoisotopic (exact) mass is 219 g/mol. The van der Waals surface area contributed by atoms with Gasteiger partial charge in [0.05, 0.1) is 6.10 Å². The van der Waals surface area contributed by atoms with Crippen molar-refractivity contribution >= 4 is 0 Å². The number of piperidine rings is 1. The van der Waals surface area contributed by atoms with Crippen molar-refractivity contribution in [3.63, 3.8) is 0 Å². The molecular weight excluding hydrogens is 198 g/mol. The van der Waals surface area contributed by atoms with Crippen molar-refractivity contribution in [2.45, 2.75) is 37.7 Å². The Kier molecular flexibility index (Phi) is 3.62. The maximum Gasteiger partial charge on any atom is 0.0635 e. The molecule has 1 atom stereocenters. The SMILES string of the molecule is CCC(O)C1(c2ccccc2)CCNCC1. The lowest BCUT2D eigenvalue weighted by Crippen LogP contribution is -2.47. The summed E-state index contributed by atoms with van der Waals surface area (Å²) in [4.78, 5) is 0. The smallest absolute Gasteiger partial charge is 0.0635 e. The van der Waals surface area contributed by atoms with Crippen molar-refractivity contribution in [1.82, 2.24) is 5.32 Å². The average Bonchev–Trinajstić information content (AvgIpc) is 2.39. The highest BCUT2D eigenvalue weighted by Gasteiger charge is 2.39. The van der Waals surface area contributed by atoms with Gasteiger partial charge in [0.25, 0.3) is 0 Å². The minimum absolute atomic E-state index is 0.0265. The van der Waals surface area contributed by atoms with Gasteiger partial charge in [-0.05, 0) is 37.9 Å². The van der Waals surface area contributed by atoms with Crippen LogP contribution in [0.4, 0.5) is 0 Å². The normalized spacial score (nSPS) is 21.6. The average molecular weight is 219 g/mol. The molecule has 1 unspecified atom stereocenters. The lowest BCUT2D eigenvalue weighted by atomic mass is 9.68. The number of nitrogens with one attached hydrogen (secondary N) is 1. The van der Waals surface area contributed by atoms with E-state index >= 15 is 0 Å². The van der Waals surface area contributed by atoms with E-state index in [9.17, 15) is 5.11 Å². The van der Waals surface area contributed by atoms with Crippen molar-refractivity contribution in [3.05, 3.63) is 35.9 Å². The maximum atomic E-state index is 10.4. The van der Waals surface area contributed by atoms with Gasteiger partial charge < -0.3 is 10.4 Å². The van der Waals surface area contributed by atoms with E-state index in [1.807, 2.05) is 6.07 Å². The third kappa shape index (κ3) is 2.00. The summed E-state index contributed by atoms with van der Waals surface area (Å²) in [6, 6.07) is 10.5. The van der Waals surface area contributed by atoms with E-state index in [0.717, 1.165) is 32.4 Å². The molecule has 2 N–H and O–H groups in total. The molecule has 2 rings (SSSR count). The fraction of sp³-hybridized carbons (Fsp3) is 0.571. The number of hydrogen-bond donors (Lipinski definition) is 2. The molecule has 1 aliphatic rings. The van der Waals surface area contributed by atoms with E-state index in [0.29, 0.717) is 0 Å². The van der Waals surface area contributed by atoms with Crippen molar-refractivity contribution in [3.8, 4) is 0 Å². The van der Waals surface area contributed by atoms with Gasteiger partial charge in [-0.15, -0.1) is 0 Å². The molecule has 2 heteroatoms. The van der Waals surface area contributed by atoms with Crippen molar-refractivity contribution in [2.24, 2.45) is 0 Å². The molecule has 0 radical (unpaired) electrons. The second kappa shape index (κ2) is 4.98. The Hall–Kier alpha value is -0.860. The number of aliphatic hydroxyl groups excluding tert-OH is 1. The first-order valence-corrected chi connectivity index (χ1v) is 6.24. The van der Waals surface area contributed by atoms with Crippen LogP contribution < -0.4 is 5.32 Å². The highest BCUT2D eigenvalue weighted by Crippen LogP contribution is 2.37. The number of rotatable bonds is 3. The zero-order valence-corrected chi connectivity index (χ0v) is 9.95. The quantitative estimate of drug-likeness (QED) is 0.815. The summed E-state index contributed by atoms with van der Waals surface area (Å²) in [7, 11) is 0. The van der Waals surface area contributed by atoms with Gasteiger partial charge in [0.2, 0.25) is 0 Å². The van der Waals surface area contributed by atoms with E-state index in [4.69, 9.17) is 0 Å². The first-order valence-electron chi connectivity index (χ1n) is 6.24. The zero-order valence-electron chi connectivity index (χ0n) is 9.95. The molecule has 1 aromatic rings. The molecular formula is C14H21NO. The highest BCUT2D eigenvalue weighted by atomic mass is 16.3. The molecule has 0 aliphatic carbocycles. The van der Waals surface area contributed by atoms with Crippen molar-refractivity contribution < 1.29 is 5.11 Å². The molecule has 0 spiro atoms. The van der Waals surface area contributed by atoms with Gasteiger partial charge in [0.15, 0.2) is 0 Å². The van der Waals surface area contributed by atoms with Gasteiger partial charge >= 0.3 is 0 Å². The Morgan fingerprint density at radius 3 is 2.44 bits per heavy atom. The standard InChI is InChI=1S/C14H21NO/c1-2-13(16)14(8-10-15-11-9-14)12-6-4-3-5-7-12/h3-7,13,15-16H,2,8-11H2,1H3. The molecule has 0 amide bonds. The molecule has 0 bridgehead atoms. The van der Waals surface area contributed by atoms with E-state index in [1.165, 1.54) is 5.56 Å². The van der Waals surface area contributed by atoms with E-state index in [-0.39, 0.29) is 11.5 Å². The van der Waals surface area contributed by atoms with E-state index < -0.39 is 0 Å². The molecule has 88 valence electrons. The number of aliphatic hydroxyl groups is 1. The van der Waals surface area contributed by atoms with Crippen molar-refractivity contribution in [2.75, 3.05) is 13.1 Å². The number of benzene rings is 1. The van der Waals surface area contributed by atoms with Gasteiger partial charge in [0.1, 0.15) is 0 Å². The summed E-state index contributed by atoms with van der Waals surface area (Å²) in [6.45, 7) is 4.08. The van der Waals surface area contributed by atoms with Crippen LogP contribution in [-0.2, 0) is 5.41 Å². The summed E-state index contributed by atoms with van der Waals surface area (Å²) in [6.07, 6.45) is 2.67. The van der Waals surface area contributed by atoms with Crippen LogP contribution in [-0.4, -0.2) is 24.3 Å². The molecule has 0 aromatic heterocycles. The predicted octanol–water partition coefficient (Wildman–Crippen LogP) is 2.08. The lowest BCUT2D eigenvalue weighted by Gasteiger charge is -2.41. The van der Waals surface area contributed by atoms with Gasteiger partial charge in [-0.25, -0.2) is 0 Å². The molecule has 2 nitrogen and oxygen atoms in total. The summed E-state index contributed by atoms with van der Waals surface area (Å²) in [5.41, 5.74) is 1.27. The van der Waals surface area contributed by atoms with Crippen LogP contribution in [0.15, 0.2) is 30.3 Å². The maximum absolute atomic E-state index is 10.4. The highest BCUT2D eigenvalue weighted by molar-refractivity contribution is 5.28. The largest absolute Gasteiger partial charge is 0.392 e. The van der Waals surface area contributed by atoms with Gasteiger partial charge in [-0.1, -0.05) is 37.3 Å². The van der Waals surface area contributed by atoms with Crippen LogP contribution >= 0.6 is 0 Å². The third-order valence-electron chi connectivity index (χ3n) is 3.87. The molecule has 1 aliphatic heterocycles. The predicted molar refractivity (Wildman–Crippen MR) is 66.5 cm³/mol. The van der Waals surface area contributed by atoms with Crippen LogP contribution in [0.25, 0.3) is 0 Å². The first-order chi connectivity index (χ1) is 7.79. The second-order valence-electron chi connectivity index (χ2n) is 4.70. The summed E-state index contributed by atoms with van der Waals surface area (Å²) >= 11 is 0. The molecule has 1 heterocycles. The van der Waals surface area contributed by atoms with Crippen LogP contribution in [0.5, 0.6) is 0 Å². The topological polar surface area (TPSA) is 32.3 Å². The van der Waals surface area contributed by atoms with Crippen LogP contribution in [0.1, 0.15) is 31.7 Å². The minimum Gasteiger partial charge on any atom is -0.392 e. The van der Waals surface area contributed by atoms with Gasteiger partial charge in [-0.3, -0.25) is 0 Å². The Labute approximate surface area is 97.7 Å². The summed E-state index contributed by atoms with van der Waals surface area (Å²) < 4.78 is 0. The summed E-state index contributed by atoms with van der Waals surface area (Å²) in [5, 5.41) is 13.7. The van der Waals surface area contributed by atoms with Gasteiger partial charge in [0, 0.05) is 5.41 Å². The Morgan fingerprint density at radius 1 is 1.25 bits per heavy atom. The molecule has 1 fully saturated rings. The molecule has 1 saturated heterocycles. The van der Waals surface area contributed by atoms with Crippen LogP contribution in [0.2, 0.25) is 0 Å². The summed E-state index contributed by atoms with van der Waals surface area (Å²) in [5.74, 6) is 0. The molecule has 0 saturated carbocycles. The number of hydrogen-bond acceptors (Lipinski definition) is 2. The van der Waals surface area contributed by atoms with Gasteiger partial charge in [-0.2, -0.15) is 0 Å². The van der Waals surface area contributed by atoms with E-state index in [2.05, 4.69) is 36.5 Å². The Morgan fingerprint density at radius 2 is 1.88 bits per heavy atom. The Balaban J connectivity index is 2.34. The second-order valence-corrected chi connectivity index (χ2v) is 4.70. The molecule has 16 heavy (non-hydrogen) atoms. The minimum atomic E-state index is -0.225. The van der Waals surface area contributed by atoms with Crippen molar-refractivity contribution in [1.29, 1.82) is 0 Å². The van der Waals surface area contributed by atoms with E-state index in [1.54, 1.807) is 0 Å². The van der Waals surface area contributed by atoms with Crippen LogP contribution in [0, 0.1) is 0 Å². The fourth-order valence-electron chi connectivity index (χ4n) is 2.85. The van der Waals surface area contributed by atoms with Crippen LogP contribution in [0.3, 0.4) is 0 Å². The lowest BCUT2D eigenvalue weighted by molar-refractivity contribution is 0.0551. The zero-order chi connectivity index (χ0) is 11.4. The fourth-order valence-corrected chi connectivity index (χ4v) is 2.85. The Bertz CT molecular complexity index is 317. The molecule has 1 aromatic carbocycles.